The number of rotatable bonds is 3. The SMILES string of the molecule is C=C(C)[C@@H]1CC[C@]2(N)CC[C@]3(C)[C@H](CC[C@@H]4[C@@]5(C)CC=C(c6ccc(C(=O)O)s6)C(C)(C)[C@@H]5CC[C@]43C)[C@@H]12. The van der Waals surface area contributed by atoms with Crippen molar-refractivity contribution in [3.63, 3.8) is 0 Å². The predicted octanol–water partition coefficient (Wildman–Crippen LogP) is 8.81. The van der Waals surface area contributed by atoms with E-state index in [2.05, 4.69) is 54.2 Å². The van der Waals surface area contributed by atoms with E-state index in [1.54, 1.807) is 6.07 Å². The summed E-state index contributed by atoms with van der Waals surface area (Å²) in [6.45, 7) is 19.6. The second-order valence-corrected chi connectivity index (χ2v) is 16.5. The number of carboxylic acids is 1. The molecule has 1 aromatic heterocycles. The monoisotopic (exact) mass is 535 g/mol. The van der Waals surface area contributed by atoms with Crippen molar-refractivity contribution in [2.45, 2.75) is 105 Å². The van der Waals surface area contributed by atoms with Gasteiger partial charge in [0.1, 0.15) is 4.88 Å². The van der Waals surface area contributed by atoms with E-state index in [4.69, 9.17) is 5.73 Å². The number of allylic oxidation sites excluding steroid dienone is 3. The lowest BCUT2D eigenvalue weighted by Gasteiger charge is -2.72. The Bertz CT molecular complexity index is 1210. The summed E-state index contributed by atoms with van der Waals surface area (Å²) < 4.78 is 0. The lowest BCUT2D eigenvalue weighted by atomic mass is 9.33. The third kappa shape index (κ3) is 3.31. The van der Waals surface area contributed by atoms with Gasteiger partial charge in [-0.05, 0) is 134 Å². The lowest BCUT2D eigenvalue weighted by Crippen LogP contribution is -2.67. The van der Waals surface area contributed by atoms with Gasteiger partial charge >= 0.3 is 5.97 Å². The van der Waals surface area contributed by atoms with Gasteiger partial charge in [-0.15, -0.1) is 11.3 Å². The Morgan fingerprint density at radius 1 is 0.974 bits per heavy atom. The number of fused-ring (bicyclic) bond motifs is 7. The van der Waals surface area contributed by atoms with Crippen LogP contribution in [0.5, 0.6) is 0 Å². The molecule has 5 aliphatic rings. The predicted molar refractivity (Wildman–Crippen MR) is 158 cm³/mol. The zero-order valence-electron chi connectivity index (χ0n) is 24.5. The molecule has 3 nitrogen and oxygen atoms in total. The van der Waals surface area contributed by atoms with Crippen LogP contribution < -0.4 is 5.73 Å². The van der Waals surface area contributed by atoms with Gasteiger partial charge in [0, 0.05) is 10.4 Å². The molecule has 4 heteroatoms. The third-order valence-corrected chi connectivity index (χ3v) is 14.9. The van der Waals surface area contributed by atoms with Crippen LogP contribution in [0.1, 0.15) is 114 Å². The van der Waals surface area contributed by atoms with Crippen LogP contribution in [-0.2, 0) is 0 Å². The van der Waals surface area contributed by atoms with E-state index in [0.29, 0.717) is 45.3 Å². The molecule has 0 amide bonds. The van der Waals surface area contributed by atoms with E-state index < -0.39 is 5.97 Å². The molecule has 4 fully saturated rings. The van der Waals surface area contributed by atoms with Crippen LogP contribution in [-0.4, -0.2) is 16.6 Å². The molecule has 0 aliphatic heterocycles. The van der Waals surface area contributed by atoms with Crippen LogP contribution in [0, 0.1) is 51.2 Å². The molecule has 4 saturated carbocycles. The third-order valence-electron chi connectivity index (χ3n) is 13.8. The van der Waals surface area contributed by atoms with Crippen LogP contribution in [0.15, 0.2) is 30.4 Å². The number of carboxylic acid groups (broad SMARTS) is 1. The molecular formula is C34H49NO2S. The minimum Gasteiger partial charge on any atom is -0.477 e. The average Bonchev–Trinajstić information content (AvgIpc) is 3.44. The summed E-state index contributed by atoms with van der Waals surface area (Å²) in [6, 6.07) is 3.83. The molecule has 0 radical (unpaired) electrons. The van der Waals surface area contributed by atoms with Crippen molar-refractivity contribution in [3.8, 4) is 0 Å². The van der Waals surface area contributed by atoms with Crippen LogP contribution in [0.3, 0.4) is 0 Å². The molecule has 1 heterocycles. The topological polar surface area (TPSA) is 63.3 Å². The van der Waals surface area contributed by atoms with Crippen molar-refractivity contribution in [2.24, 2.45) is 57.0 Å². The Balaban J connectivity index is 1.37. The highest BCUT2D eigenvalue weighted by Gasteiger charge is 2.70. The molecule has 38 heavy (non-hydrogen) atoms. The molecule has 1 aromatic rings. The maximum absolute atomic E-state index is 11.6. The molecular weight excluding hydrogens is 486 g/mol. The number of hydrogen-bond donors (Lipinski definition) is 2. The van der Waals surface area contributed by atoms with E-state index in [1.165, 1.54) is 73.8 Å². The Morgan fingerprint density at radius 3 is 2.37 bits per heavy atom. The number of carbonyl (C=O) groups is 1. The average molecular weight is 536 g/mol. The van der Waals surface area contributed by atoms with Gasteiger partial charge in [-0.25, -0.2) is 4.79 Å². The Kier molecular flexibility index (Phi) is 5.87. The van der Waals surface area contributed by atoms with E-state index in [1.807, 2.05) is 6.07 Å². The van der Waals surface area contributed by atoms with Crippen LogP contribution in [0.25, 0.3) is 5.57 Å². The van der Waals surface area contributed by atoms with Crippen molar-refractivity contribution < 1.29 is 9.90 Å². The van der Waals surface area contributed by atoms with Crippen molar-refractivity contribution in [3.05, 3.63) is 40.1 Å². The van der Waals surface area contributed by atoms with Crippen molar-refractivity contribution in [1.29, 1.82) is 0 Å². The molecule has 0 aromatic carbocycles. The summed E-state index contributed by atoms with van der Waals surface area (Å²) in [5, 5.41) is 9.53. The van der Waals surface area contributed by atoms with E-state index in [0.717, 1.165) is 11.3 Å². The van der Waals surface area contributed by atoms with Gasteiger partial charge in [0.05, 0.1) is 0 Å². The summed E-state index contributed by atoms with van der Waals surface area (Å²) in [5.74, 6) is 2.39. The molecule has 6 rings (SSSR count). The van der Waals surface area contributed by atoms with Crippen LogP contribution in [0.4, 0.5) is 0 Å². The standard InChI is InChI=1S/C34H49NO2S/c1-20(2)21-12-17-34(35)19-18-32(6)23(28(21)34)8-11-27-31(5)15-13-22(24-9-10-25(38-24)29(36)37)30(3,4)26(31)14-16-33(27,32)7/h9-10,13,21,23,26-28H,1,8,11-12,14-19,35H2,2-7H3,(H,36,37)/t21-,23+,26-,27+,28+,31-,32+,33+,34-/m0/s1. The van der Waals surface area contributed by atoms with Crippen molar-refractivity contribution >= 4 is 22.9 Å². The molecule has 9 atom stereocenters. The summed E-state index contributed by atoms with van der Waals surface area (Å²) in [6.07, 6.45) is 13.7. The van der Waals surface area contributed by atoms with Crippen LogP contribution >= 0.6 is 11.3 Å². The fourth-order valence-electron chi connectivity index (χ4n) is 11.8. The summed E-state index contributed by atoms with van der Waals surface area (Å²) in [4.78, 5) is 13.2. The lowest BCUT2D eigenvalue weighted by molar-refractivity contribution is -0.217. The van der Waals surface area contributed by atoms with Crippen LogP contribution in [0.2, 0.25) is 0 Å². The zero-order chi connectivity index (χ0) is 27.5. The molecule has 208 valence electrons. The summed E-state index contributed by atoms with van der Waals surface area (Å²) >= 11 is 1.45. The van der Waals surface area contributed by atoms with Gasteiger partial charge < -0.3 is 10.8 Å². The first-order valence-electron chi connectivity index (χ1n) is 15.2. The highest BCUT2D eigenvalue weighted by molar-refractivity contribution is 7.15. The first-order valence-corrected chi connectivity index (χ1v) is 16.0. The van der Waals surface area contributed by atoms with Crippen molar-refractivity contribution in [2.75, 3.05) is 0 Å². The van der Waals surface area contributed by atoms with E-state index in [-0.39, 0.29) is 16.4 Å². The summed E-state index contributed by atoms with van der Waals surface area (Å²) in [7, 11) is 0. The second-order valence-electron chi connectivity index (χ2n) is 15.4. The Morgan fingerprint density at radius 2 is 1.71 bits per heavy atom. The minimum atomic E-state index is -0.816. The molecule has 0 spiro atoms. The van der Waals surface area contributed by atoms with Crippen molar-refractivity contribution in [1.82, 2.24) is 0 Å². The first kappa shape index (κ1) is 26.8. The van der Waals surface area contributed by atoms with Gasteiger partial charge in [0.15, 0.2) is 0 Å². The quantitative estimate of drug-likeness (QED) is 0.380. The Hall–Kier alpha value is -1.39. The maximum atomic E-state index is 11.6. The molecule has 0 saturated heterocycles. The van der Waals surface area contributed by atoms with Gasteiger partial charge in [-0.3, -0.25) is 0 Å². The van der Waals surface area contributed by atoms with Gasteiger partial charge in [-0.2, -0.15) is 0 Å². The molecule has 0 unspecified atom stereocenters. The summed E-state index contributed by atoms with van der Waals surface area (Å²) in [5.41, 5.74) is 10.9. The molecule has 3 N–H and O–H groups in total. The first-order chi connectivity index (χ1) is 17.7. The smallest absolute Gasteiger partial charge is 0.345 e. The van der Waals surface area contributed by atoms with Gasteiger partial charge in [0.2, 0.25) is 0 Å². The maximum Gasteiger partial charge on any atom is 0.345 e. The number of thiophene rings is 1. The second kappa shape index (κ2) is 8.32. The fourth-order valence-corrected chi connectivity index (χ4v) is 12.9. The van der Waals surface area contributed by atoms with Gasteiger partial charge in [-0.1, -0.05) is 52.8 Å². The highest BCUT2D eigenvalue weighted by atomic mass is 32.1. The van der Waals surface area contributed by atoms with E-state index in [9.17, 15) is 9.90 Å². The van der Waals surface area contributed by atoms with Gasteiger partial charge in [0.25, 0.3) is 0 Å². The molecule has 5 aliphatic carbocycles. The number of nitrogens with two attached hydrogens (primary N) is 1. The van der Waals surface area contributed by atoms with E-state index >= 15 is 0 Å². The number of aromatic carboxylic acids is 1. The normalized spacial score (nSPS) is 47.2. The minimum absolute atomic E-state index is 0.0120. The Labute approximate surface area is 234 Å². The molecule has 0 bridgehead atoms. The fraction of sp³-hybridized carbons (Fsp3) is 0.735. The number of hydrogen-bond acceptors (Lipinski definition) is 3. The highest BCUT2D eigenvalue weighted by Crippen LogP contribution is 2.76. The largest absolute Gasteiger partial charge is 0.477 e. The zero-order valence-corrected chi connectivity index (χ0v) is 25.3.